The van der Waals surface area contributed by atoms with Crippen LogP contribution in [0, 0.1) is 11.2 Å². The zero-order chi connectivity index (χ0) is 31.7. The quantitative estimate of drug-likeness (QED) is 0.155. The smallest absolute Gasteiger partial charge is 0.224 e. The number of nitrogens with zero attached hydrogens (tertiary/aromatic N) is 6. The minimum atomic E-state index is -0.349. The SMILES string of the molecule is CN(C)CCNc1cc(F)cc(-c2cncc3[nH]c(-c4n[nH]c5cnc(-c6cncc(NC(=O)CC(C)(C)C)c6)cc45)nc23)c1. The topological polar surface area (TPSA) is 140 Å². The van der Waals surface area contributed by atoms with Gasteiger partial charge in [-0.3, -0.25) is 24.8 Å². The van der Waals surface area contributed by atoms with E-state index in [2.05, 4.69) is 45.7 Å². The van der Waals surface area contributed by atoms with Crippen LogP contribution in [0.2, 0.25) is 0 Å². The summed E-state index contributed by atoms with van der Waals surface area (Å²) in [6.07, 6.45) is 8.80. The highest BCUT2D eigenvalue weighted by atomic mass is 19.1. The summed E-state index contributed by atoms with van der Waals surface area (Å²) in [6, 6.07) is 8.63. The van der Waals surface area contributed by atoms with E-state index in [-0.39, 0.29) is 17.1 Å². The molecule has 5 heterocycles. The number of fused-ring (bicyclic) bond motifs is 2. The van der Waals surface area contributed by atoms with E-state index in [1.807, 2.05) is 53.1 Å². The largest absolute Gasteiger partial charge is 0.384 e. The van der Waals surface area contributed by atoms with Gasteiger partial charge >= 0.3 is 0 Å². The van der Waals surface area contributed by atoms with Crippen molar-refractivity contribution in [3.8, 4) is 33.9 Å². The van der Waals surface area contributed by atoms with Crippen molar-refractivity contribution < 1.29 is 9.18 Å². The average molecular weight is 607 g/mol. The number of nitrogens with one attached hydrogen (secondary N) is 4. The molecule has 0 bridgehead atoms. The lowest BCUT2D eigenvalue weighted by Crippen LogP contribution is -2.20. The molecule has 0 saturated heterocycles. The number of aromatic nitrogens is 7. The first-order valence-electron chi connectivity index (χ1n) is 14.7. The van der Waals surface area contributed by atoms with E-state index >= 15 is 0 Å². The molecule has 6 aromatic rings. The fourth-order valence-corrected chi connectivity index (χ4v) is 5.12. The number of likely N-dealkylation sites (N-methyl/N-ethyl adjacent to an activating group) is 1. The molecule has 1 aromatic carbocycles. The van der Waals surface area contributed by atoms with Crippen molar-refractivity contribution in [2.75, 3.05) is 37.8 Å². The molecule has 0 atom stereocenters. The van der Waals surface area contributed by atoms with Crippen molar-refractivity contribution in [1.29, 1.82) is 0 Å². The summed E-state index contributed by atoms with van der Waals surface area (Å²) in [6.45, 7) is 7.55. The molecule has 0 spiro atoms. The summed E-state index contributed by atoms with van der Waals surface area (Å²) in [5.74, 6) is 0.110. The fraction of sp³-hybridized carbons (Fsp3) is 0.273. The van der Waals surface area contributed by atoms with Gasteiger partial charge in [-0.1, -0.05) is 20.8 Å². The first kappa shape index (κ1) is 29.8. The number of hydrogen-bond donors (Lipinski definition) is 4. The average Bonchev–Trinajstić information content (AvgIpc) is 3.59. The second-order valence-electron chi connectivity index (χ2n) is 12.6. The number of aromatic amines is 2. The van der Waals surface area contributed by atoms with Crippen LogP contribution in [0.3, 0.4) is 0 Å². The van der Waals surface area contributed by atoms with Gasteiger partial charge in [0.05, 0.1) is 46.5 Å². The molecule has 0 fully saturated rings. The standard InChI is InChI=1S/C33H35FN10O/c1-33(2,3)13-29(45)39-23-10-20(14-35-15-23)26-12-24-27(18-38-26)42-43-31(24)32-40-28-17-36-16-25(30(28)41-32)19-8-21(34)11-22(9-19)37-6-7-44(4)5/h8-12,14-18,37H,6-7,13H2,1-5H3,(H,39,45)(H,40,41)(H,42,43). The van der Waals surface area contributed by atoms with Gasteiger partial charge in [0.15, 0.2) is 5.82 Å². The minimum Gasteiger partial charge on any atom is -0.384 e. The van der Waals surface area contributed by atoms with Crippen molar-refractivity contribution >= 4 is 39.2 Å². The number of H-pyrrole nitrogens is 2. The summed E-state index contributed by atoms with van der Waals surface area (Å²) in [5, 5.41) is 14.6. The van der Waals surface area contributed by atoms with Crippen molar-refractivity contribution in [3.05, 3.63) is 67.1 Å². The van der Waals surface area contributed by atoms with E-state index < -0.39 is 0 Å². The minimum absolute atomic E-state index is 0.0734. The molecule has 45 heavy (non-hydrogen) atoms. The number of anilines is 2. The Morgan fingerprint density at radius 3 is 2.53 bits per heavy atom. The van der Waals surface area contributed by atoms with Crippen LogP contribution < -0.4 is 10.6 Å². The van der Waals surface area contributed by atoms with Crippen molar-refractivity contribution in [3.63, 3.8) is 0 Å². The molecule has 4 N–H and O–H groups in total. The molecule has 12 heteroatoms. The van der Waals surface area contributed by atoms with Gasteiger partial charge in [0, 0.05) is 54.1 Å². The Morgan fingerprint density at radius 1 is 0.933 bits per heavy atom. The summed E-state index contributed by atoms with van der Waals surface area (Å²) in [7, 11) is 3.98. The summed E-state index contributed by atoms with van der Waals surface area (Å²) >= 11 is 0. The Bertz CT molecular complexity index is 2010. The van der Waals surface area contributed by atoms with Crippen molar-refractivity contribution in [1.82, 2.24) is 40.0 Å². The lowest BCUT2D eigenvalue weighted by molar-refractivity contribution is -0.117. The van der Waals surface area contributed by atoms with E-state index in [9.17, 15) is 9.18 Å². The van der Waals surface area contributed by atoms with Crippen LogP contribution in [0.4, 0.5) is 15.8 Å². The third-order valence-electron chi connectivity index (χ3n) is 7.17. The number of hydrogen-bond acceptors (Lipinski definition) is 8. The Balaban J connectivity index is 1.33. The van der Waals surface area contributed by atoms with Crippen LogP contribution in [0.25, 0.3) is 55.8 Å². The lowest BCUT2D eigenvalue weighted by atomic mass is 9.92. The Labute approximate surface area is 259 Å². The monoisotopic (exact) mass is 606 g/mol. The maximum atomic E-state index is 14.7. The molecule has 1 amide bonds. The highest BCUT2D eigenvalue weighted by Crippen LogP contribution is 2.33. The Hall–Kier alpha value is -5.23. The second kappa shape index (κ2) is 12.0. The normalized spacial score (nSPS) is 11.9. The van der Waals surface area contributed by atoms with E-state index in [1.165, 1.54) is 12.1 Å². The van der Waals surface area contributed by atoms with Gasteiger partial charge in [-0.2, -0.15) is 5.10 Å². The van der Waals surface area contributed by atoms with Crippen LogP contribution in [-0.4, -0.2) is 73.1 Å². The number of carbonyl (C=O) groups excluding carboxylic acids is 1. The Morgan fingerprint density at radius 2 is 1.73 bits per heavy atom. The van der Waals surface area contributed by atoms with Crippen LogP contribution >= 0.6 is 0 Å². The third kappa shape index (κ3) is 6.80. The molecule has 230 valence electrons. The lowest BCUT2D eigenvalue weighted by Gasteiger charge is -2.17. The Kier molecular flexibility index (Phi) is 7.98. The van der Waals surface area contributed by atoms with E-state index in [0.717, 1.165) is 23.0 Å². The first-order valence-corrected chi connectivity index (χ1v) is 14.7. The molecule has 6 rings (SSSR count). The molecule has 0 radical (unpaired) electrons. The summed E-state index contributed by atoms with van der Waals surface area (Å²) < 4.78 is 14.7. The van der Waals surface area contributed by atoms with Crippen LogP contribution in [-0.2, 0) is 4.79 Å². The highest BCUT2D eigenvalue weighted by molar-refractivity contribution is 5.98. The summed E-state index contributed by atoms with van der Waals surface area (Å²) in [5.41, 5.74) is 6.61. The predicted octanol–water partition coefficient (Wildman–Crippen LogP) is 6.11. The zero-order valence-electron chi connectivity index (χ0n) is 25.9. The summed E-state index contributed by atoms with van der Waals surface area (Å²) in [4.78, 5) is 36.1. The molecule has 0 unspecified atom stereocenters. The second-order valence-corrected chi connectivity index (χ2v) is 12.6. The maximum absolute atomic E-state index is 14.7. The van der Waals surface area contributed by atoms with Gasteiger partial charge in [0.2, 0.25) is 5.91 Å². The number of carbonyl (C=O) groups is 1. The van der Waals surface area contributed by atoms with Crippen molar-refractivity contribution in [2.45, 2.75) is 27.2 Å². The first-order chi connectivity index (χ1) is 21.5. The van der Waals surface area contributed by atoms with E-state index in [4.69, 9.17) is 4.98 Å². The number of pyridine rings is 3. The molecule has 11 nitrogen and oxygen atoms in total. The molecule has 0 aliphatic heterocycles. The number of benzene rings is 1. The number of imidazole rings is 1. The van der Waals surface area contributed by atoms with Crippen LogP contribution in [0.5, 0.6) is 0 Å². The van der Waals surface area contributed by atoms with Gasteiger partial charge in [-0.15, -0.1) is 0 Å². The van der Waals surface area contributed by atoms with E-state index in [0.29, 0.717) is 63.7 Å². The zero-order valence-corrected chi connectivity index (χ0v) is 25.9. The highest BCUT2D eigenvalue weighted by Gasteiger charge is 2.19. The number of amides is 1. The maximum Gasteiger partial charge on any atom is 0.224 e. The predicted molar refractivity (Wildman–Crippen MR) is 175 cm³/mol. The third-order valence-corrected chi connectivity index (χ3v) is 7.17. The van der Waals surface area contributed by atoms with Gasteiger partial charge in [0.25, 0.3) is 0 Å². The van der Waals surface area contributed by atoms with Gasteiger partial charge in [-0.05, 0) is 55.4 Å². The number of halogens is 1. The molecule has 5 aromatic heterocycles. The van der Waals surface area contributed by atoms with Gasteiger partial charge in [-0.25, -0.2) is 9.37 Å². The molecular formula is C33H35FN10O. The van der Waals surface area contributed by atoms with Gasteiger partial charge in [0.1, 0.15) is 11.5 Å². The van der Waals surface area contributed by atoms with E-state index in [1.54, 1.807) is 31.0 Å². The molecule has 0 aliphatic rings. The fourth-order valence-electron chi connectivity index (χ4n) is 5.12. The van der Waals surface area contributed by atoms with Crippen LogP contribution in [0.15, 0.2) is 61.3 Å². The molecule has 0 aliphatic carbocycles. The number of rotatable bonds is 9. The van der Waals surface area contributed by atoms with Gasteiger partial charge < -0.3 is 20.5 Å². The van der Waals surface area contributed by atoms with Crippen LogP contribution in [0.1, 0.15) is 27.2 Å². The molecular weight excluding hydrogens is 571 g/mol. The van der Waals surface area contributed by atoms with Crippen molar-refractivity contribution in [2.24, 2.45) is 5.41 Å². The molecule has 0 saturated carbocycles.